The van der Waals surface area contributed by atoms with Crippen LogP contribution in [0.15, 0.2) is 0 Å². The lowest BCUT2D eigenvalue weighted by Gasteiger charge is -2.26. The fourth-order valence-electron chi connectivity index (χ4n) is 4.42. The van der Waals surface area contributed by atoms with Crippen LogP contribution < -0.4 is 5.32 Å². The van der Waals surface area contributed by atoms with Crippen molar-refractivity contribution in [3.05, 3.63) is 5.28 Å². The standard InChI is InChI=1S/C20H32ClN6O8P/c1-3-33-36(31,34-4-2)13(9-28)32-10-12-15(29)16(30)19(35-12)27-18-14(25-26-27)17(23-20(21)24-18)22-11-7-5-6-8-11/h11-13,15-16,19,28-30H,3-10H2,1-2H3,(H,22,23,24)/t12-,13?,15-,16-,19-/m1/s1. The molecule has 16 heteroatoms. The second-order valence-electron chi connectivity index (χ2n) is 8.57. The number of aromatic nitrogens is 5. The summed E-state index contributed by atoms with van der Waals surface area (Å²) in [4.78, 5) is 8.45. The van der Waals surface area contributed by atoms with Crippen molar-refractivity contribution >= 4 is 36.2 Å². The number of ether oxygens (including phenoxy) is 2. The van der Waals surface area contributed by atoms with Gasteiger partial charge in [0.25, 0.3) is 0 Å². The summed E-state index contributed by atoms with van der Waals surface area (Å²) in [6.07, 6.45) is -0.768. The molecule has 4 rings (SSSR count). The summed E-state index contributed by atoms with van der Waals surface area (Å²) >= 11 is 6.16. The maximum Gasteiger partial charge on any atom is 0.361 e. The zero-order valence-corrected chi connectivity index (χ0v) is 21.7. The number of anilines is 1. The van der Waals surface area contributed by atoms with Crippen LogP contribution in [0.3, 0.4) is 0 Å². The van der Waals surface area contributed by atoms with Crippen molar-refractivity contribution in [3.63, 3.8) is 0 Å². The van der Waals surface area contributed by atoms with Crippen molar-refractivity contribution in [2.45, 2.75) is 76.0 Å². The van der Waals surface area contributed by atoms with E-state index in [9.17, 15) is 19.9 Å². The summed E-state index contributed by atoms with van der Waals surface area (Å²) in [7, 11) is -3.78. The van der Waals surface area contributed by atoms with E-state index in [2.05, 4.69) is 25.6 Å². The average molecular weight is 551 g/mol. The molecule has 1 unspecified atom stereocenters. The number of hydrogen-bond donors (Lipinski definition) is 4. The third kappa shape index (κ3) is 5.66. The van der Waals surface area contributed by atoms with Gasteiger partial charge in [0.15, 0.2) is 29.1 Å². The van der Waals surface area contributed by atoms with Gasteiger partial charge in [0.2, 0.25) is 5.28 Å². The van der Waals surface area contributed by atoms with Crippen LogP contribution in [-0.4, -0.2) is 96.9 Å². The Balaban J connectivity index is 1.51. The Morgan fingerprint density at radius 2 is 1.89 bits per heavy atom. The fraction of sp³-hybridized carbons (Fsp3) is 0.800. The Morgan fingerprint density at radius 1 is 1.19 bits per heavy atom. The summed E-state index contributed by atoms with van der Waals surface area (Å²) in [5, 5.41) is 42.6. The van der Waals surface area contributed by atoms with Gasteiger partial charge in [-0.3, -0.25) is 4.57 Å². The minimum atomic E-state index is -3.78. The molecule has 0 amide bonds. The van der Waals surface area contributed by atoms with Gasteiger partial charge in [0.05, 0.1) is 26.4 Å². The van der Waals surface area contributed by atoms with E-state index in [0.29, 0.717) is 11.3 Å². The summed E-state index contributed by atoms with van der Waals surface area (Å²) in [5.74, 6) is -0.864. The zero-order chi connectivity index (χ0) is 25.9. The van der Waals surface area contributed by atoms with E-state index in [4.69, 9.17) is 30.1 Å². The Labute approximate surface area is 212 Å². The van der Waals surface area contributed by atoms with Crippen LogP contribution in [0.4, 0.5) is 5.82 Å². The molecule has 2 aromatic rings. The molecule has 0 spiro atoms. The molecule has 1 saturated heterocycles. The molecule has 1 aliphatic carbocycles. The first-order valence-corrected chi connectivity index (χ1v) is 14.0. The van der Waals surface area contributed by atoms with Crippen molar-refractivity contribution in [2.75, 3.05) is 31.7 Å². The summed E-state index contributed by atoms with van der Waals surface area (Å²) < 4.78 is 36.0. The molecule has 3 heterocycles. The lowest BCUT2D eigenvalue weighted by molar-refractivity contribution is -0.0823. The predicted octanol–water partition coefficient (Wildman–Crippen LogP) is 1.45. The number of nitrogens with zero attached hydrogens (tertiary/aromatic N) is 5. The molecule has 202 valence electrons. The van der Waals surface area contributed by atoms with E-state index < -0.39 is 44.6 Å². The van der Waals surface area contributed by atoms with Crippen molar-refractivity contribution in [2.24, 2.45) is 0 Å². The minimum absolute atomic E-state index is 0.0344. The number of rotatable bonds is 12. The van der Waals surface area contributed by atoms with E-state index in [1.54, 1.807) is 13.8 Å². The molecule has 14 nitrogen and oxygen atoms in total. The number of halogens is 1. The van der Waals surface area contributed by atoms with Crippen LogP contribution in [0.2, 0.25) is 5.28 Å². The molecule has 2 aliphatic rings. The second kappa shape index (κ2) is 11.9. The Bertz CT molecular complexity index is 1060. The van der Waals surface area contributed by atoms with Gasteiger partial charge >= 0.3 is 7.60 Å². The van der Waals surface area contributed by atoms with Crippen molar-refractivity contribution in [1.82, 2.24) is 25.0 Å². The minimum Gasteiger partial charge on any atom is -0.393 e. The number of fused-ring (bicyclic) bond motifs is 1. The largest absolute Gasteiger partial charge is 0.393 e. The maximum atomic E-state index is 12.9. The predicted molar refractivity (Wildman–Crippen MR) is 128 cm³/mol. The highest BCUT2D eigenvalue weighted by Crippen LogP contribution is 2.53. The van der Waals surface area contributed by atoms with Crippen LogP contribution in [0.1, 0.15) is 45.8 Å². The molecular weight excluding hydrogens is 519 g/mol. The van der Waals surface area contributed by atoms with Crippen LogP contribution in [0, 0.1) is 0 Å². The van der Waals surface area contributed by atoms with Gasteiger partial charge in [-0.2, -0.15) is 14.6 Å². The highest BCUT2D eigenvalue weighted by Gasteiger charge is 2.46. The molecule has 5 atom stereocenters. The molecule has 36 heavy (non-hydrogen) atoms. The summed E-state index contributed by atoms with van der Waals surface area (Å²) in [5.41, 5.74) is 0.574. The van der Waals surface area contributed by atoms with Gasteiger partial charge in [0, 0.05) is 6.04 Å². The quantitative estimate of drug-likeness (QED) is 0.220. The zero-order valence-electron chi connectivity index (χ0n) is 20.1. The Hall–Kier alpha value is -1.48. The summed E-state index contributed by atoms with van der Waals surface area (Å²) in [6.45, 7) is 2.48. The molecule has 0 aromatic carbocycles. The van der Waals surface area contributed by atoms with Gasteiger partial charge in [-0.25, -0.2) is 0 Å². The first-order valence-electron chi connectivity index (χ1n) is 12.0. The van der Waals surface area contributed by atoms with Gasteiger partial charge in [-0.1, -0.05) is 18.1 Å². The van der Waals surface area contributed by atoms with Crippen LogP contribution >= 0.6 is 19.2 Å². The number of hydrogen-bond acceptors (Lipinski definition) is 13. The summed E-state index contributed by atoms with van der Waals surface area (Å²) in [6, 6.07) is 0.241. The number of aliphatic hydroxyl groups excluding tert-OH is 3. The lowest BCUT2D eigenvalue weighted by atomic mass is 10.1. The monoisotopic (exact) mass is 550 g/mol. The molecule has 2 fully saturated rings. The van der Waals surface area contributed by atoms with E-state index in [-0.39, 0.29) is 36.8 Å². The highest BCUT2D eigenvalue weighted by molar-refractivity contribution is 7.54. The number of aliphatic hydroxyl groups is 3. The first kappa shape index (κ1) is 27.6. The fourth-order valence-corrected chi connectivity index (χ4v) is 6.18. The smallest absolute Gasteiger partial charge is 0.361 e. The molecule has 1 saturated carbocycles. The Kier molecular flexibility index (Phi) is 9.13. The van der Waals surface area contributed by atoms with Crippen molar-refractivity contribution in [1.29, 1.82) is 0 Å². The van der Waals surface area contributed by atoms with E-state index in [1.807, 2.05) is 0 Å². The average Bonchev–Trinajstić information content (AvgIpc) is 3.56. The van der Waals surface area contributed by atoms with Crippen molar-refractivity contribution in [3.8, 4) is 0 Å². The van der Waals surface area contributed by atoms with Gasteiger partial charge in [0.1, 0.15) is 18.3 Å². The molecular formula is C20H32ClN6O8P. The molecule has 2 aromatic heterocycles. The lowest BCUT2D eigenvalue weighted by Crippen LogP contribution is -2.35. The third-order valence-electron chi connectivity index (χ3n) is 6.15. The highest BCUT2D eigenvalue weighted by atomic mass is 35.5. The molecule has 0 radical (unpaired) electrons. The first-order chi connectivity index (χ1) is 17.3. The van der Waals surface area contributed by atoms with E-state index >= 15 is 0 Å². The van der Waals surface area contributed by atoms with E-state index in [1.165, 1.54) is 4.68 Å². The normalized spacial score (nSPS) is 26.2. The third-order valence-corrected chi connectivity index (χ3v) is 8.57. The van der Waals surface area contributed by atoms with Crippen LogP contribution in [-0.2, 0) is 23.1 Å². The Morgan fingerprint density at radius 3 is 2.53 bits per heavy atom. The van der Waals surface area contributed by atoms with Crippen LogP contribution in [0.25, 0.3) is 11.2 Å². The second-order valence-corrected chi connectivity index (χ2v) is 11.1. The SMILES string of the molecule is CCOP(=O)(OCC)C(CO)OC[C@H]1O[C@@H](n2nnc3c(NC4CCCC4)nc(Cl)nc32)[C@H](O)[C@@H]1O. The van der Waals surface area contributed by atoms with Gasteiger partial charge in [-0.15, -0.1) is 5.10 Å². The number of nitrogens with one attached hydrogen (secondary N) is 1. The van der Waals surface area contributed by atoms with Gasteiger partial charge < -0.3 is 39.2 Å². The molecule has 0 bridgehead atoms. The van der Waals surface area contributed by atoms with Gasteiger partial charge in [-0.05, 0) is 38.3 Å². The molecule has 1 aliphatic heterocycles. The van der Waals surface area contributed by atoms with E-state index in [0.717, 1.165) is 25.7 Å². The maximum absolute atomic E-state index is 12.9. The van der Waals surface area contributed by atoms with Crippen LogP contribution in [0.5, 0.6) is 0 Å². The molecule has 4 N–H and O–H groups in total. The van der Waals surface area contributed by atoms with Crippen molar-refractivity contribution < 1.29 is 38.4 Å². The topological polar surface area (TPSA) is 183 Å².